The van der Waals surface area contributed by atoms with Crippen LogP contribution in [0.4, 0.5) is 5.13 Å². The first-order chi connectivity index (χ1) is 11.9. The number of nitrogens with one attached hydrogen (secondary N) is 1. The molecule has 4 rings (SSSR count). The monoisotopic (exact) mass is 381 g/mol. The molecule has 1 amide bonds. The molecule has 0 aromatic carbocycles. The van der Waals surface area contributed by atoms with E-state index in [4.69, 9.17) is 0 Å². The zero-order valence-electron chi connectivity index (χ0n) is 13.9. The predicted octanol–water partition coefficient (Wildman–Crippen LogP) is 1.53. The molecule has 1 N–H and O–H groups in total. The quantitative estimate of drug-likeness (QED) is 0.864. The Kier molecular flexibility index (Phi) is 4.11. The number of anilines is 1. The summed E-state index contributed by atoms with van der Waals surface area (Å²) in [6.07, 6.45) is 4.25. The van der Waals surface area contributed by atoms with Gasteiger partial charge in [0.05, 0.1) is 17.5 Å². The molecule has 0 spiro atoms. The number of aromatic nitrogens is 4. The normalized spacial score (nSPS) is 21.9. The number of amides is 1. The molecule has 3 heterocycles. The molecular formula is C15H19N5O3S2. The zero-order chi connectivity index (χ0) is 17.6. The number of carbonyl (C=O) groups is 1. The van der Waals surface area contributed by atoms with Crippen molar-refractivity contribution in [3.8, 4) is 0 Å². The van der Waals surface area contributed by atoms with Gasteiger partial charge in [-0.2, -0.15) is 5.10 Å². The molecule has 0 unspecified atom stereocenters. The highest BCUT2D eigenvalue weighted by Gasteiger charge is 2.34. The minimum atomic E-state index is -3.00. The van der Waals surface area contributed by atoms with Gasteiger partial charge >= 0.3 is 0 Å². The molecule has 0 radical (unpaired) electrons. The summed E-state index contributed by atoms with van der Waals surface area (Å²) < 4.78 is 25.5. The lowest BCUT2D eigenvalue weighted by molar-refractivity contribution is 0.102. The van der Waals surface area contributed by atoms with E-state index < -0.39 is 9.84 Å². The molecule has 1 fully saturated rings. The fraction of sp³-hybridized carbons (Fsp3) is 0.600. The number of nitrogens with zero attached hydrogens (tertiary/aromatic N) is 4. The van der Waals surface area contributed by atoms with Crippen molar-refractivity contribution in [1.29, 1.82) is 0 Å². The van der Waals surface area contributed by atoms with E-state index >= 15 is 0 Å². The first-order valence-electron chi connectivity index (χ1n) is 8.35. The third-order valence-electron chi connectivity index (χ3n) is 4.72. The summed E-state index contributed by atoms with van der Waals surface area (Å²) in [5.41, 5.74) is 2.37. The van der Waals surface area contributed by atoms with Crippen LogP contribution in [0.2, 0.25) is 0 Å². The van der Waals surface area contributed by atoms with Gasteiger partial charge in [0.2, 0.25) is 5.13 Å². The van der Waals surface area contributed by atoms with Gasteiger partial charge in [-0.1, -0.05) is 11.3 Å². The van der Waals surface area contributed by atoms with Gasteiger partial charge < -0.3 is 0 Å². The minimum Gasteiger partial charge on any atom is -0.295 e. The number of hydrogen-bond donors (Lipinski definition) is 1. The Morgan fingerprint density at radius 3 is 2.76 bits per heavy atom. The van der Waals surface area contributed by atoms with Crippen LogP contribution in [0.1, 0.15) is 52.1 Å². The van der Waals surface area contributed by atoms with Crippen molar-refractivity contribution in [2.45, 2.75) is 45.1 Å². The van der Waals surface area contributed by atoms with Crippen molar-refractivity contribution < 1.29 is 13.2 Å². The highest BCUT2D eigenvalue weighted by molar-refractivity contribution is 7.91. The van der Waals surface area contributed by atoms with E-state index in [1.807, 2.05) is 6.92 Å². The maximum absolute atomic E-state index is 12.7. The second kappa shape index (κ2) is 6.17. The molecule has 0 bridgehead atoms. The average molecular weight is 381 g/mol. The van der Waals surface area contributed by atoms with Crippen molar-refractivity contribution in [2.24, 2.45) is 0 Å². The molecule has 8 nitrogen and oxygen atoms in total. The smallest absolute Gasteiger partial charge is 0.278 e. The summed E-state index contributed by atoms with van der Waals surface area (Å²) in [5, 5.41) is 16.3. The SMILES string of the molecule is Cc1nnc(NC(=O)c2nn([C@H]3CCS(=O)(=O)C3)c3c2CCCC3)s1. The van der Waals surface area contributed by atoms with E-state index in [1.54, 1.807) is 4.68 Å². The van der Waals surface area contributed by atoms with E-state index in [-0.39, 0.29) is 23.5 Å². The third-order valence-corrected chi connectivity index (χ3v) is 7.23. The second-order valence-electron chi connectivity index (χ2n) is 6.56. The van der Waals surface area contributed by atoms with Gasteiger partial charge in [0.15, 0.2) is 15.5 Å². The van der Waals surface area contributed by atoms with Gasteiger partial charge in [-0.3, -0.25) is 14.8 Å². The summed E-state index contributed by atoms with van der Waals surface area (Å²) in [7, 11) is -3.00. The van der Waals surface area contributed by atoms with Gasteiger partial charge in [-0.25, -0.2) is 8.42 Å². The summed E-state index contributed by atoms with van der Waals surface area (Å²) in [6, 6.07) is -0.165. The van der Waals surface area contributed by atoms with Crippen LogP contribution in [0.3, 0.4) is 0 Å². The molecular weight excluding hydrogens is 362 g/mol. The van der Waals surface area contributed by atoms with Crippen LogP contribution in [0.15, 0.2) is 0 Å². The van der Waals surface area contributed by atoms with Crippen LogP contribution in [0.25, 0.3) is 0 Å². The van der Waals surface area contributed by atoms with Crippen LogP contribution < -0.4 is 5.32 Å². The van der Waals surface area contributed by atoms with Gasteiger partial charge in [0.25, 0.3) is 5.91 Å². The van der Waals surface area contributed by atoms with Crippen molar-refractivity contribution in [3.63, 3.8) is 0 Å². The van der Waals surface area contributed by atoms with E-state index in [0.29, 0.717) is 17.2 Å². The lowest BCUT2D eigenvalue weighted by atomic mass is 9.95. The third kappa shape index (κ3) is 3.20. The van der Waals surface area contributed by atoms with Crippen LogP contribution in [0.5, 0.6) is 0 Å². The molecule has 2 aliphatic rings. The highest BCUT2D eigenvalue weighted by atomic mass is 32.2. The fourth-order valence-electron chi connectivity index (χ4n) is 3.58. The standard InChI is InChI=1S/C15H19N5O3S2/c1-9-17-18-15(24-9)16-14(21)13-11-4-2-3-5-12(11)20(19-13)10-6-7-25(22,23)8-10/h10H,2-8H2,1H3,(H,16,18,21)/t10-/m0/s1. The van der Waals surface area contributed by atoms with Crippen molar-refractivity contribution in [3.05, 3.63) is 22.0 Å². The van der Waals surface area contributed by atoms with Gasteiger partial charge in [-0.05, 0) is 39.0 Å². The number of rotatable bonds is 3. The van der Waals surface area contributed by atoms with E-state index in [2.05, 4.69) is 20.6 Å². The second-order valence-corrected chi connectivity index (χ2v) is 9.97. The molecule has 1 aliphatic carbocycles. The molecule has 1 saturated heterocycles. The van der Waals surface area contributed by atoms with Crippen molar-refractivity contribution >= 4 is 32.2 Å². The fourth-order valence-corrected chi connectivity index (χ4v) is 5.86. The summed E-state index contributed by atoms with van der Waals surface area (Å²) in [4.78, 5) is 12.7. The molecule has 25 heavy (non-hydrogen) atoms. The largest absolute Gasteiger partial charge is 0.295 e. The number of hydrogen-bond acceptors (Lipinski definition) is 7. The highest BCUT2D eigenvalue weighted by Crippen LogP contribution is 2.31. The van der Waals surface area contributed by atoms with Gasteiger partial charge in [0.1, 0.15) is 5.01 Å². The molecule has 2 aromatic rings. The first kappa shape index (κ1) is 16.6. The Labute approximate surface area is 149 Å². The lowest BCUT2D eigenvalue weighted by Crippen LogP contribution is -2.17. The van der Waals surface area contributed by atoms with Crippen LogP contribution >= 0.6 is 11.3 Å². The maximum atomic E-state index is 12.7. The lowest BCUT2D eigenvalue weighted by Gasteiger charge is -2.17. The molecule has 0 saturated carbocycles. The van der Waals surface area contributed by atoms with E-state index in [0.717, 1.165) is 41.9 Å². The van der Waals surface area contributed by atoms with Crippen molar-refractivity contribution in [2.75, 3.05) is 16.8 Å². The Morgan fingerprint density at radius 1 is 1.28 bits per heavy atom. The van der Waals surface area contributed by atoms with Crippen LogP contribution in [0, 0.1) is 6.92 Å². The number of aryl methyl sites for hydroxylation is 1. The Bertz CT molecular complexity index is 931. The van der Waals surface area contributed by atoms with E-state index in [1.165, 1.54) is 11.3 Å². The van der Waals surface area contributed by atoms with Crippen LogP contribution in [-0.4, -0.2) is 45.8 Å². The number of fused-ring (bicyclic) bond motifs is 1. The number of carbonyl (C=O) groups excluding carboxylic acids is 1. The van der Waals surface area contributed by atoms with Gasteiger partial charge in [0, 0.05) is 11.3 Å². The predicted molar refractivity (Wildman–Crippen MR) is 93.8 cm³/mol. The van der Waals surface area contributed by atoms with Crippen LogP contribution in [-0.2, 0) is 22.7 Å². The zero-order valence-corrected chi connectivity index (χ0v) is 15.5. The van der Waals surface area contributed by atoms with Gasteiger partial charge in [-0.15, -0.1) is 10.2 Å². The first-order valence-corrected chi connectivity index (χ1v) is 11.0. The Balaban J connectivity index is 1.67. The molecule has 2 aromatic heterocycles. The molecule has 10 heteroatoms. The topological polar surface area (TPSA) is 107 Å². The maximum Gasteiger partial charge on any atom is 0.278 e. The summed E-state index contributed by atoms with van der Waals surface area (Å²) in [5.74, 6) is 0.00394. The molecule has 1 atom stereocenters. The Hall–Kier alpha value is -1.81. The number of sulfone groups is 1. The summed E-state index contributed by atoms with van der Waals surface area (Å²) >= 11 is 1.31. The Morgan fingerprint density at radius 2 is 2.08 bits per heavy atom. The summed E-state index contributed by atoms with van der Waals surface area (Å²) in [6.45, 7) is 1.82. The molecule has 1 aliphatic heterocycles. The van der Waals surface area contributed by atoms with E-state index in [9.17, 15) is 13.2 Å². The molecule has 134 valence electrons. The minimum absolute atomic E-state index is 0.109. The van der Waals surface area contributed by atoms with Crippen molar-refractivity contribution in [1.82, 2.24) is 20.0 Å². The average Bonchev–Trinajstić information content (AvgIpc) is 3.24.